The van der Waals surface area contributed by atoms with Gasteiger partial charge in [-0.1, -0.05) is 49.8 Å². The van der Waals surface area contributed by atoms with Gasteiger partial charge >= 0.3 is 0 Å². The summed E-state index contributed by atoms with van der Waals surface area (Å²) in [6.45, 7) is 2.23. The van der Waals surface area contributed by atoms with Crippen LogP contribution >= 0.6 is 0 Å². The van der Waals surface area contributed by atoms with Crippen LogP contribution in [0.1, 0.15) is 50.2 Å². The molecule has 2 rings (SSSR count). The number of hydrogen-bond donors (Lipinski definition) is 1. The Bertz CT molecular complexity index is 485. The highest BCUT2D eigenvalue weighted by molar-refractivity contribution is 5.43. The summed E-state index contributed by atoms with van der Waals surface area (Å²) in [5.74, 6) is 6.21. The number of allylic oxidation sites excluding steroid dienone is 1. The Balaban J connectivity index is 1.93. The van der Waals surface area contributed by atoms with Gasteiger partial charge in [0.1, 0.15) is 0 Å². The topological polar surface area (TPSA) is 20.2 Å². The van der Waals surface area contributed by atoms with E-state index in [9.17, 15) is 5.11 Å². The fourth-order valence-electron chi connectivity index (χ4n) is 2.30. The van der Waals surface area contributed by atoms with Crippen molar-refractivity contribution >= 4 is 0 Å². The molecule has 0 saturated carbocycles. The third-order valence-electron chi connectivity index (χ3n) is 3.54. The van der Waals surface area contributed by atoms with Gasteiger partial charge in [0.25, 0.3) is 0 Å². The lowest BCUT2D eigenvalue weighted by molar-refractivity contribution is 0.216. The fourth-order valence-corrected chi connectivity index (χ4v) is 2.30. The van der Waals surface area contributed by atoms with Gasteiger partial charge in [-0.05, 0) is 43.4 Å². The molecule has 0 amide bonds. The van der Waals surface area contributed by atoms with Crippen molar-refractivity contribution in [3.8, 4) is 11.8 Å². The van der Waals surface area contributed by atoms with Gasteiger partial charge < -0.3 is 5.11 Å². The first kappa shape index (κ1) is 13.9. The summed E-state index contributed by atoms with van der Waals surface area (Å²) in [6, 6.07) is 8.49. The summed E-state index contributed by atoms with van der Waals surface area (Å²) in [5.41, 5.74) is 3.30. The van der Waals surface area contributed by atoms with Gasteiger partial charge in [-0.2, -0.15) is 0 Å². The van der Waals surface area contributed by atoms with Gasteiger partial charge in [0.2, 0.25) is 0 Å². The summed E-state index contributed by atoms with van der Waals surface area (Å²) >= 11 is 0. The van der Waals surface area contributed by atoms with E-state index in [0.717, 1.165) is 30.4 Å². The normalized spacial score (nSPS) is 17.8. The van der Waals surface area contributed by atoms with Crippen LogP contribution in [-0.4, -0.2) is 11.2 Å². The van der Waals surface area contributed by atoms with Crippen molar-refractivity contribution in [2.75, 3.05) is 0 Å². The van der Waals surface area contributed by atoms with Crippen LogP contribution in [0.3, 0.4) is 0 Å². The van der Waals surface area contributed by atoms with Crippen LogP contribution in [0, 0.1) is 11.8 Å². The molecular formula is C18H22O. The van der Waals surface area contributed by atoms with Crippen molar-refractivity contribution in [3.63, 3.8) is 0 Å². The van der Waals surface area contributed by atoms with Crippen molar-refractivity contribution < 1.29 is 5.11 Å². The number of benzene rings is 1. The molecule has 0 saturated heterocycles. The minimum Gasteiger partial charge on any atom is -0.388 e. The predicted molar refractivity (Wildman–Crippen MR) is 79.9 cm³/mol. The molecule has 0 spiro atoms. The average molecular weight is 254 g/mol. The van der Waals surface area contributed by atoms with Crippen LogP contribution in [0.4, 0.5) is 0 Å². The molecule has 1 nitrogen and oxygen atoms in total. The maximum Gasteiger partial charge on any atom is 0.0867 e. The largest absolute Gasteiger partial charge is 0.388 e. The lowest BCUT2D eigenvalue weighted by Gasteiger charge is -2.01. The molecular weight excluding hydrogens is 232 g/mol. The minimum absolute atomic E-state index is 0.346. The molecule has 1 aliphatic carbocycles. The van der Waals surface area contributed by atoms with Crippen molar-refractivity contribution in [1.29, 1.82) is 0 Å². The van der Waals surface area contributed by atoms with Crippen LogP contribution in [0.25, 0.3) is 0 Å². The first-order valence-electron chi connectivity index (χ1n) is 7.28. The van der Waals surface area contributed by atoms with Crippen LogP contribution in [0.2, 0.25) is 0 Å². The highest BCUT2D eigenvalue weighted by Gasteiger charge is 2.13. The molecule has 1 atom stereocenters. The molecule has 1 aliphatic rings. The number of unbranched alkanes of at least 4 members (excludes halogenated alkanes) is 2. The summed E-state index contributed by atoms with van der Waals surface area (Å²) in [4.78, 5) is 0. The zero-order valence-corrected chi connectivity index (χ0v) is 11.7. The molecule has 1 aromatic carbocycles. The summed E-state index contributed by atoms with van der Waals surface area (Å²) in [5, 5.41) is 9.66. The molecule has 1 aromatic rings. The van der Waals surface area contributed by atoms with Gasteiger partial charge in [0.05, 0.1) is 6.10 Å². The maximum atomic E-state index is 9.66. The fraction of sp³-hybridized carbons (Fsp3) is 0.444. The Labute approximate surface area is 116 Å². The molecule has 0 heterocycles. The molecule has 1 N–H and O–H groups in total. The summed E-state index contributed by atoms with van der Waals surface area (Å²) in [6.07, 6.45) is 8.44. The molecule has 100 valence electrons. The van der Waals surface area contributed by atoms with Crippen molar-refractivity contribution in [3.05, 3.63) is 47.0 Å². The predicted octanol–water partition coefficient (Wildman–Crippen LogP) is 3.85. The highest BCUT2D eigenvalue weighted by Crippen LogP contribution is 2.17. The van der Waals surface area contributed by atoms with Crippen LogP contribution < -0.4 is 0 Å². The zero-order valence-electron chi connectivity index (χ0n) is 11.7. The first-order valence-corrected chi connectivity index (χ1v) is 7.28. The van der Waals surface area contributed by atoms with E-state index in [2.05, 4.69) is 43.0 Å². The molecule has 1 heteroatoms. The highest BCUT2D eigenvalue weighted by atomic mass is 16.3. The van der Waals surface area contributed by atoms with E-state index < -0.39 is 0 Å². The van der Waals surface area contributed by atoms with Crippen LogP contribution in [-0.2, 0) is 6.42 Å². The van der Waals surface area contributed by atoms with Crippen molar-refractivity contribution in [2.24, 2.45) is 0 Å². The third kappa shape index (κ3) is 4.26. The second kappa shape index (κ2) is 7.16. The maximum absolute atomic E-state index is 9.66. The number of aryl methyl sites for hydroxylation is 1. The Kier molecular flexibility index (Phi) is 5.24. The molecule has 19 heavy (non-hydrogen) atoms. The van der Waals surface area contributed by atoms with Gasteiger partial charge in [-0.25, -0.2) is 0 Å². The lowest BCUT2D eigenvalue weighted by Crippen LogP contribution is -2.02. The summed E-state index contributed by atoms with van der Waals surface area (Å²) in [7, 11) is 0. The zero-order chi connectivity index (χ0) is 13.5. The quantitative estimate of drug-likeness (QED) is 0.639. The standard InChI is InChI=1S/C18H22O/c1-2-3-4-6-15-9-11-16(12-10-15)13-14-17-7-5-8-18(17)19/h7,9-12,18-19H,2-6,8H2,1H3. The smallest absolute Gasteiger partial charge is 0.0867 e. The molecule has 0 bridgehead atoms. The van der Waals surface area contributed by atoms with E-state index in [1.165, 1.54) is 24.8 Å². The molecule has 0 radical (unpaired) electrons. The van der Waals surface area contributed by atoms with Gasteiger partial charge in [-0.3, -0.25) is 0 Å². The monoisotopic (exact) mass is 254 g/mol. The Morgan fingerprint density at radius 1 is 1.16 bits per heavy atom. The van der Waals surface area contributed by atoms with Gasteiger partial charge in [0, 0.05) is 11.1 Å². The van der Waals surface area contributed by atoms with E-state index in [1.54, 1.807) is 0 Å². The SMILES string of the molecule is CCCCCc1ccc(C#CC2=CCCC2O)cc1. The molecule has 0 aromatic heterocycles. The Morgan fingerprint density at radius 2 is 1.95 bits per heavy atom. The van der Waals surface area contributed by atoms with E-state index >= 15 is 0 Å². The second-order valence-corrected chi connectivity index (χ2v) is 5.16. The van der Waals surface area contributed by atoms with Gasteiger partial charge in [-0.15, -0.1) is 0 Å². The number of aliphatic hydroxyl groups excluding tert-OH is 1. The second-order valence-electron chi connectivity index (χ2n) is 5.16. The van der Waals surface area contributed by atoms with Gasteiger partial charge in [0.15, 0.2) is 0 Å². The number of hydrogen-bond acceptors (Lipinski definition) is 1. The van der Waals surface area contributed by atoms with Crippen molar-refractivity contribution in [2.45, 2.75) is 51.6 Å². The van der Waals surface area contributed by atoms with E-state index in [1.807, 2.05) is 6.08 Å². The number of rotatable bonds is 4. The van der Waals surface area contributed by atoms with E-state index in [-0.39, 0.29) is 6.10 Å². The molecule has 1 unspecified atom stereocenters. The third-order valence-corrected chi connectivity index (χ3v) is 3.54. The number of aliphatic hydroxyl groups is 1. The molecule has 0 fully saturated rings. The first-order chi connectivity index (χ1) is 9.29. The van der Waals surface area contributed by atoms with E-state index in [0.29, 0.717) is 0 Å². The molecule has 0 aliphatic heterocycles. The Morgan fingerprint density at radius 3 is 2.58 bits per heavy atom. The minimum atomic E-state index is -0.346. The van der Waals surface area contributed by atoms with Crippen LogP contribution in [0.5, 0.6) is 0 Å². The van der Waals surface area contributed by atoms with Crippen molar-refractivity contribution in [1.82, 2.24) is 0 Å². The summed E-state index contributed by atoms with van der Waals surface area (Å²) < 4.78 is 0. The Hall–Kier alpha value is -1.52. The van der Waals surface area contributed by atoms with Crippen LogP contribution in [0.15, 0.2) is 35.9 Å². The lowest BCUT2D eigenvalue weighted by atomic mass is 10.1. The average Bonchev–Trinajstić information content (AvgIpc) is 2.84. The van der Waals surface area contributed by atoms with E-state index in [4.69, 9.17) is 0 Å².